The predicted octanol–water partition coefficient (Wildman–Crippen LogP) is 5.50. The van der Waals surface area contributed by atoms with Gasteiger partial charge in [-0.05, 0) is 62.6 Å². The number of benzene rings is 2. The topological polar surface area (TPSA) is 78.9 Å². The molecule has 0 spiro atoms. The van der Waals surface area contributed by atoms with Crippen molar-refractivity contribution in [2.24, 2.45) is 0 Å². The van der Waals surface area contributed by atoms with Gasteiger partial charge in [0.05, 0.1) is 11.5 Å². The van der Waals surface area contributed by atoms with Gasteiger partial charge in [0, 0.05) is 18.7 Å². The highest BCUT2D eigenvalue weighted by Gasteiger charge is 2.31. The van der Waals surface area contributed by atoms with Gasteiger partial charge in [-0.1, -0.05) is 54.2 Å². The van der Waals surface area contributed by atoms with E-state index >= 15 is 0 Å². The van der Waals surface area contributed by atoms with Crippen LogP contribution >= 0.6 is 24.0 Å². The highest BCUT2D eigenvalue weighted by Crippen LogP contribution is 2.34. The van der Waals surface area contributed by atoms with Crippen LogP contribution in [0.5, 0.6) is 11.5 Å². The molecule has 3 rings (SSSR count). The smallest absolute Gasteiger partial charge is 0.266 e. The first-order valence-electron chi connectivity index (χ1n) is 10.9. The van der Waals surface area contributed by atoms with Crippen molar-refractivity contribution in [3.05, 3.63) is 58.5 Å². The van der Waals surface area contributed by atoms with Gasteiger partial charge in [0.1, 0.15) is 4.32 Å². The zero-order valence-electron chi connectivity index (χ0n) is 18.8. The molecule has 1 fully saturated rings. The van der Waals surface area contributed by atoms with Crippen LogP contribution in [0, 0.1) is 6.92 Å². The van der Waals surface area contributed by atoms with Gasteiger partial charge in [0.2, 0.25) is 5.91 Å². The van der Waals surface area contributed by atoms with Gasteiger partial charge in [0.25, 0.3) is 5.91 Å². The number of anilines is 1. The van der Waals surface area contributed by atoms with Gasteiger partial charge < -0.3 is 15.2 Å². The Morgan fingerprint density at radius 2 is 1.94 bits per heavy atom. The fourth-order valence-corrected chi connectivity index (χ4v) is 4.64. The Kier molecular flexibility index (Phi) is 8.91. The molecule has 0 aromatic heterocycles. The summed E-state index contributed by atoms with van der Waals surface area (Å²) in [7, 11) is 0. The predicted molar refractivity (Wildman–Crippen MR) is 137 cm³/mol. The lowest BCUT2D eigenvalue weighted by molar-refractivity contribution is -0.122. The van der Waals surface area contributed by atoms with E-state index in [0.717, 1.165) is 36.1 Å². The molecule has 0 saturated carbocycles. The van der Waals surface area contributed by atoms with Gasteiger partial charge in [-0.25, -0.2) is 0 Å². The zero-order chi connectivity index (χ0) is 23.8. The van der Waals surface area contributed by atoms with Gasteiger partial charge in [-0.3, -0.25) is 14.5 Å². The summed E-state index contributed by atoms with van der Waals surface area (Å²) in [5.41, 5.74) is 2.71. The number of hydrogen-bond donors (Lipinski definition) is 2. The van der Waals surface area contributed by atoms with E-state index in [1.54, 1.807) is 29.2 Å². The molecule has 0 aliphatic carbocycles. The number of phenolic OH excluding ortho intramolecular Hbond substituents is 1. The van der Waals surface area contributed by atoms with Gasteiger partial charge >= 0.3 is 0 Å². The van der Waals surface area contributed by atoms with Crippen LogP contribution in [0.2, 0.25) is 0 Å². The number of aryl methyl sites for hydroxylation is 1. The molecule has 1 heterocycles. The third-order valence-electron chi connectivity index (χ3n) is 5.08. The maximum atomic E-state index is 12.8. The Hall–Kier alpha value is -2.84. The molecule has 1 aliphatic rings. The van der Waals surface area contributed by atoms with Crippen molar-refractivity contribution in [2.75, 3.05) is 18.5 Å². The van der Waals surface area contributed by atoms with E-state index in [9.17, 15) is 14.7 Å². The summed E-state index contributed by atoms with van der Waals surface area (Å²) in [6.45, 7) is 4.81. The third kappa shape index (κ3) is 7.07. The number of amides is 2. The van der Waals surface area contributed by atoms with E-state index < -0.39 is 0 Å². The minimum Gasteiger partial charge on any atom is -0.504 e. The minimum absolute atomic E-state index is 0.00674. The van der Waals surface area contributed by atoms with E-state index in [2.05, 4.69) is 5.32 Å². The number of carbonyl (C=O) groups excluding carboxylic acids is 2. The summed E-state index contributed by atoms with van der Waals surface area (Å²) in [6, 6.07) is 12.7. The second-order valence-corrected chi connectivity index (χ2v) is 9.39. The molecule has 6 nitrogen and oxygen atoms in total. The maximum Gasteiger partial charge on any atom is 0.266 e. The Balaban J connectivity index is 1.45. The number of rotatable bonds is 10. The molecule has 0 unspecified atom stereocenters. The lowest BCUT2D eigenvalue weighted by atomic mass is 10.1. The van der Waals surface area contributed by atoms with Crippen LogP contribution in [-0.2, 0) is 9.59 Å². The van der Waals surface area contributed by atoms with E-state index in [1.165, 1.54) is 11.8 Å². The van der Waals surface area contributed by atoms with Crippen molar-refractivity contribution in [1.29, 1.82) is 0 Å². The highest BCUT2D eigenvalue weighted by atomic mass is 32.2. The number of carbonyl (C=O) groups is 2. The van der Waals surface area contributed by atoms with Crippen molar-refractivity contribution in [3.8, 4) is 11.5 Å². The summed E-state index contributed by atoms with van der Waals surface area (Å²) in [6.07, 6.45) is 4.54. The first-order chi connectivity index (χ1) is 15.9. The average molecular weight is 485 g/mol. The van der Waals surface area contributed by atoms with Gasteiger partial charge in [-0.15, -0.1) is 0 Å². The third-order valence-corrected chi connectivity index (χ3v) is 6.45. The second kappa shape index (κ2) is 11.9. The molecule has 0 atom stereocenters. The molecule has 2 aromatic carbocycles. The summed E-state index contributed by atoms with van der Waals surface area (Å²) in [5.74, 6) is 0.322. The SMILES string of the molecule is CCOc1cc(/C=C2\SC(=S)N(CCCCCC(=O)Nc3ccc(C)cc3)C2=O)ccc1O. The number of hydrogen-bond acceptors (Lipinski definition) is 6. The fraction of sp³-hybridized carbons (Fsp3) is 0.320. The molecule has 174 valence electrons. The second-order valence-electron chi connectivity index (χ2n) is 7.72. The van der Waals surface area contributed by atoms with E-state index in [4.69, 9.17) is 17.0 Å². The molecular weight excluding hydrogens is 456 g/mol. The molecule has 2 amide bonds. The molecule has 8 heteroatoms. The maximum absolute atomic E-state index is 12.8. The van der Waals surface area contributed by atoms with Crippen molar-refractivity contribution >= 4 is 51.9 Å². The van der Waals surface area contributed by atoms with Crippen LogP contribution in [-0.4, -0.2) is 39.3 Å². The Bertz CT molecular complexity index is 1050. The molecule has 0 radical (unpaired) electrons. The monoisotopic (exact) mass is 484 g/mol. The van der Waals surface area contributed by atoms with Crippen molar-refractivity contribution < 1.29 is 19.4 Å². The van der Waals surface area contributed by atoms with Crippen LogP contribution in [0.4, 0.5) is 5.69 Å². The molecule has 1 aliphatic heterocycles. The average Bonchev–Trinajstić information content (AvgIpc) is 3.04. The summed E-state index contributed by atoms with van der Waals surface area (Å²) >= 11 is 6.67. The van der Waals surface area contributed by atoms with E-state index in [-0.39, 0.29) is 17.6 Å². The van der Waals surface area contributed by atoms with Crippen LogP contribution in [0.15, 0.2) is 47.4 Å². The van der Waals surface area contributed by atoms with Crippen molar-refractivity contribution in [3.63, 3.8) is 0 Å². The Morgan fingerprint density at radius 3 is 2.67 bits per heavy atom. The number of nitrogens with zero attached hydrogens (tertiary/aromatic N) is 1. The quantitative estimate of drug-likeness (QED) is 0.263. The molecule has 1 saturated heterocycles. The first kappa shape index (κ1) is 24.8. The van der Waals surface area contributed by atoms with Crippen molar-refractivity contribution in [1.82, 2.24) is 4.90 Å². The van der Waals surface area contributed by atoms with Crippen LogP contribution in [0.1, 0.15) is 43.7 Å². The number of aromatic hydroxyl groups is 1. The van der Waals surface area contributed by atoms with E-state index in [1.807, 2.05) is 38.1 Å². The van der Waals surface area contributed by atoms with Crippen LogP contribution < -0.4 is 10.1 Å². The number of phenols is 1. The zero-order valence-corrected chi connectivity index (χ0v) is 20.4. The van der Waals surface area contributed by atoms with Gasteiger partial charge in [0.15, 0.2) is 11.5 Å². The Morgan fingerprint density at radius 1 is 1.18 bits per heavy atom. The molecule has 33 heavy (non-hydrogen) atoms. The highest BCUT2D eigenvalue weighted by molar-refractivity contribution is 8.26. The minimum atomic E-state index is -0.117. The summed E-state index contributed by atoms with van der Waals surface area (Å²) in [5, 5.41) is 12.7. The van der Waals surface area contributed by atoms with Crippen LogP contribution in [0.3, 0.4) is 0 Å². The lowest BCUT2D eigenvalue weighted by Crippen LogP contribution is -2.29. The first-order valence-corrected chi connectivity index (χ1v) is 12.2. The van der Waals surface area contributed by atoms with Gasteiger partial charge in [-0.2, -0.15) is 0 Å². The normalized spacial score (nSPS) is 14.7. The van der Waals surface area contributed by atoms with E-state index in [0.29, 0.717) is 34.5 Å². The number of unbranched alkanes of at least 4 members (excludes halogenated alkanes) is 2. The number of nitrogens with one attached hydrogen (secondary N) is 1. The summed E-state index contributed by atoms with van der Waals surface area (Å²) in [4.78, 5) is 27.1. The fourth-order valence-electron chi connectivity index (χ4n) is 3.33. The number of thiocarbonyl (C=S) groups is 1. The number of ether oxygens (including phenoxy) is 1. The Labute approximate surface area is 204 Å². The lowest BCUT2D eigenvalue weighted by Gasteiger charge is -2.14. The number of thioether (sulfide) groups is 1. The standard InChI is InChI=1S/C25H28N2O4S2/c1-3-31-21-15-18(10-13-20(21)28)16-22-24(30)27(25(32)33-22)14-6-4-5-7-23(29)26-19-11-8-17(2)9-12-19/h8-13,15-16,28H,3-7,14H2,1-2H3,(H,26,29)/b22-16-. The molecule has 0 bridgehead atoms. The molecular formula is C25H28N2O4S2. The molecule has 2 aromatic rings. The van der Waals surface area contributed by atoms with Crippen molar-refractivity contribution in [2.45, 2.75) is 39.5 Å². The van der Waals surface area contributed by atoms with Crippen LogP contribution in [0.25, 0.3) is 6.08 Å². The molecule has 2 N–H and O–H groups in total. The largest absolute Gasteiger partial charge is 0.504 e. The summed E-state index contributed by atoms with van der Waals surface area (Å²) < 4.78 is 5.94.